The van der Waals surface area contributed by atoms with Crippen LogP contribution < -0.4 is 5.32 Å². The zero-order valence-corrected chi connectivity index (χ0v) is 10.1. The molecule has 1 saturated heterocycles. The number of hydrogen-bond acceptors (Lipinski definition) is 4. The van der Waals surface area contributed by atoms with Crippen LogP contribution in [0.5, 0.6) is 0 Å². The van der Waals surface area contributed by atoms with Crippen molar-refractivity contribution in [2.24, 2.45) is 0 Å². The highest BCUT2D eigenvalue weighted by molar-refractivity contribution is 14.1. The van der Waals surface area contributed by atoms with E-state index in [1.165, 1.54) is 0 Å². The average molecular weight is 305 g/mol. The summed E-state index contributed by atoms with van der Waals surface area (Å²) in [5, 5.41) is 3.06. The highest BCUT2D eigenvalue weighted by atomic mass is 127. The summed E-state index contributed by atoms with van der Waals surface area (Å²) in [5.74, 6) is 2.17. The molecule has 4 nitrogen and oxygen atoms in total. The summed E-state index contributed by atoms with van der Waals surface area (Å²) < 4.78 is 6.36. The first-order valence-electron chi connectivity index (χ1n) is 4.59. The van der Waals surface area contributed by atoms with Gasteiger partial charge in [0, 0.05) is 25.8 Å². The number of halogens is 1. The lowest BCUT2D eigenvalue weighted by Crippen LogP contribution is -2.07. The summed E-state index contributed by atoms with van der Waals surface area (Å²) >= 11 is 2.22. The number of nitrogens with one attached hydrogen (secondary N) is 1. The van der Waals surface area contributed by atoms with Crippen molar-refractivity contribution in [3.63, 3.8) is 0 Å². The fourth-order valence-electron chi connectivity index (χ4n) is 1.49. The molecule has 1 aliphatic heterocycles. The summed E-state index contributed by atoms with van der Waals surface area (Å²) in [6.45, 7) is 1.58. The maximum atomic E-state index is 5.31. The second-order valence-corrected chi connectivity index (χ2v) is 4.40. The van der Waals surface area contributed by atoms with Crippen molar-refractivity contribution in [3.8, 4) is 0 Å². The number of ether oxygens (including phenoxy) is 1. The molecule has 14 heavy (non-hydrogen) atoms. The Morgan fingerprint density at radius 3 is 3.14 bits per heavy atom. The van der Waals surface area contributed by atoms with Gasteiger partial charge in [0.15, 0.2) is 0 Å². The summed E-state index contributed by atoms with van der Waals surface area (Å²) in [4.78, 5) is 8.79. The van der Waals surface area contributed by atoms with E-state index in [4.69, 9.17) is 4.74 Å². The van der Waals surface area contributed by atoms with Crippen molar-refractivity contribution in [3.05, 3.63) is 15.6 Å². The van der Waals surface area contributed by atoms with Crippen LogP contribution in [0.25, 0.3) is 0 Å². The zero-order valence-electron chi connectivity index (χ0n) is 7.96. The molecule has 1 unspecified atom stereocenters. The number of anilines is 1. The lowest BCUT2D eigenvalue weighted by Gasteiger charge is -2.08. The van der Waals surface area contributed by atoms with Crippen LogP contribution in [0.4, 0.5) is 5.82 Å². The molecule has 1 aliphatic rings. The van der Waals surface area contributed by atoms with E-state index >= 15 is 0 Å². The van der Waals surface area contributed by atoms with Crippen LogP contribution in [-0.4, -0.2) is 30.2 Å². The molecule has 0 aliphatic carbocycles. The van der Waals surface area contributed by atoms with Crippen molar-refractivity contribution in [2.75, 3.05) is 25.6 Å². The van der Waals surface area contributed by atoms with Gasteiger partial charge in [-0.2, -0.15) is 0 Å². The maximum Gasteiger partial charge on any atom is 0.142 e. The smallest absolute Gasteiger partial charge is 0.142 e. The van der Waals surface area contributed by atoms with Crippen LogP contribution >= 0.6 is 22.6 Å². The molecule has 0 saturated carbocycles. The van der Waals surface area contributed by atoms with E-state index in [0.717, 1.165) is 34.8 Å². The number of rotatable bonds is 2. The topological polar surface area (TPSA) is 47.0 Å². The van der Waals surface area contributed by atoms with Crippen LogP contribution in [0, 0.1) is 3.57 Å². The maximum absolute atomic E-state index is 5.31. The average Bonchev–Trinajstić information content (AvgIpc) is 2.71. The fraction of sp³-hybridized carbons (Fsp3) is 0.556. The Hall–Kier alpha value is -0.430. The molecule has 76 valence electrons. The minimum Gasteiger partial charge on any atom is -0.381 e. The van der Waals surface area contributed by atoms with E-state index in [9.17, 15) is 0 Å². The lowest BCUT2D eigenvalue weighted by molar-refractivity contribution is 0.193. The van der Waals surface area contributed by atoms with Crippen LogP contribution in [0.3, 0.4) is 0 Å². The van der Waals surface area contributed by atoms with Gasteiger partial charge < -0.3 is 10.1 Å². The highest BCUT2D eigenvalue weighted by Crippen LogP contribution is 2.24. The van der Waals surface area contributed by atoms with Gasteiger partial charge in [0.25, 0.3) is 0 Å². The van der Waals surface area contributed by atoms with Gasteiger partial charge in [0.1, 0.15) is 11.6 Å². The van der Waals surface area contributed by atoms with E-state index in [0.29, 0.717) is 5.92 Å². The second kappa shape index (κ2) is 4.39. The monoisotopic (exact) mass is 305 g/mol. The van der Waals surface area contributed by atoms with E-state index in [-0.39, 0.29) is 0 Å². The van der Waals surface area contributed by atoms with E-state index in [1.807, 2.05) is 13.2 Å². The third kappa shape index (κ3) is 1.98. The molecule has 0 aromatic carbocycles. The molecule has 2 rings (SSSR count). The van der Waals surface area contributed by atoms with E-state index in [1.54, 1.807) is 0 Å². The highest BCUT2D eigenvalue weighted by Gasteiger charge is 2.21. The van der Waals surface area contributed by atoms with Gasteiger partial charge in [0.2, 0.25) is 0 Å². The Labute approximate surface area is 96.6 Å². The Bertz CT molecular complexity index is 326. The molecule has 5 heteroatoms. The minimum atomic E-state index is 0.374. The van der Waals surface area contributed by atoms with Gasteiger partial charge in [-0.05, 0) is 29.0 Å². The van der Waals surface area contributed by atoms with Crippen LogP contribution in [0.2, 0.25) is 0 Å². The van der Waals surface area contributed by atoms with Gasteiger partial charge in [-0.3, -0.25) is 0 Å². The predicted molar refractivity (Wildman–Crippen MR) is 62.5 cm³/mol. The quantitative estimate of drug-likeness (QED) is 0.844. The fourth-order valence-corrected chi connectivity index (χ4v) is 2.02. The zero-order chi connectivity index (χ0) is 9.97. The first-order chi connectivity index (χ1) is 6.81. The van der Waals surface area contributed by atoms with Gasteiger partial charge >= 0.3 is 0 Å². The standard InChI is InChI=1S/C9H12IN3O/c1-11-9-7(10)4-12-8(13-9)6-2-3-14-5-6/h4,6H,2-3,5H2,1H3,(H,11,12,13). The number of hydrogen-bond donors (Lipinski definition) is 1. The van der Waals surface area contributed by atoms with Crippen molar-refractivity contribution in [1.82, 2.24) is 9.97 Å². The van der Waals surface area contributed by atoms with Gasteiger partial charge in [0.05, 0.1) is 10.2 Å². The van der Waals surface area contributed by atoms with Crippen molar-refractivity contribution in [1.29, 1.82) is 0 Å². The Balaban J connectivity index is 2.25. The molecule has 0 amide bonds. The molecule has 0 bridgehead atoms. The first kappa shape index (κ1) is 10.1. The first-order valence-corrected chi connectivity index (χ1v) is 5.67. The summed E-state index contributed by atoms with van der Waals surface area (Å²) in [7, 11) is 1.87. The summed E-state index contributed by atoms with van der Waals surface area (Å²) in [6.07, 6.45) is 2.89. The van der Waals surface area contributed by atoms with E-state index in [2.05, 4.69) is 37.9 Å². The molecule has 0 spiro atoms. The SMILES string of the molecule is CNc1nc(C2CCOC2)ncc1I. The Kier molecular flexibility index (Phi) is 3.17. The summed E-state index contributed by atoms with van der Waals surface area (Å²) in [5.41, 5.74) is 0. The van der Waals surface area contributed by atoms with Crippen molar-refractivity contribution in [2.45, 2.75) is 12.3 Å². The number of aromatic nitrogens is 2. The molecule has 0 radical (unpaired) electrons. The van der Waals surface area contributed by atoms with Crippen LogP contribution in [-0.2, 0) is 4.74 Å². The Morgan fingerprint density at radius 2 is 2.50 bits per heavy atom. The molecule has 2 heterocycles. The molecule has 1 atom stereocenters. The molecular formula is C9H12IN3O. The third-order valence-corrected chi connectivity index (χ3v) is 3.08. The van der Waals surface area contributed by atoms with Crippen LogP contribution in [0.15, 0.2) is 6.20 Å². The Morgan fingerprint density at radius 1 is 1.64 bits per heavy atom. The van der Waals surface area contributed by atoms with Crippen LogP contribution in [0.1, 0.15) is 18.2 Å². The summed E-state index contributed by atoms with van der Waals surface area (Å²) in [6, 6.07) is 0. The predicted octanol–water partition coefficient (Wildman–Crippen LogP) is 1.63. The van der Waals surface area contributed by atoms with E-state index < -0.39 is 0 Å². The third-order valence-electron chi connectivity index (χ3n) is 2.29. The normalized spacial score (nSPS) is 21.1. The van der Waals surface area contributed by atoms with Gasteiger partial charge in [-0.15, -0.1) is 0 Å². The largest absolute Gasteiger partial charge is 0.381 e. The van der Waals surface area contributed by atoms with Gasteiger partial charge in [-0.25, -0.2) is 9.97 Å². The number of nitrogens with zero attached hydrogens (tertiary/aromatic N) is 2. The molecule has 1 N–H and O–H groups in total. The minimum absolute atomic E-state index is 0.374. The van der Waals surface area contributed by atoms with Crippen molar-refractivity contribution < 1.29 is 4.74 Å². The lowest BCUT2D eigenvalue weighted by atomic mass is 10.1. The molecule has 1 aromatic heterocycles. The second-order valence-electron chi connectivity index (χ2n) is 3.24. The van der Waals surface area contributed by atoms with Crippen molar-refractivity contribution >= 4 is 28.4 Å². The molecular weight excluding hydrogens is 293 g/mol. The van der Waals surface area contributed by atoms with Gasteiger partial charge in [-0.1, -0.05) is 0 Å². The molecule has 1 aromatic rings. The molecule has 1 fully saturated rings.